The molecular formula is C103H116N14O18P2S2. The number of benzene rings is 9. The molecule has 16 amide bonds. The Balaban J connectivity index is 0.943. The number of ether oxygens (including phenoxy) is 2. The highest BCUT2D eigenvalue weighted by molar-refractivity contribution is 8.22. The molecule has 9 aromatic rings. The summed E-state index contributed by atoms with van der Waals surface area (Å²) >= 11 is 13.7. The minimum Gasteiger partial charge on any atom is -0.448 e. The van der Waals surface area contributed by atoms with Crippen LogP contribution in [0.4, 0.5) is 9.59 Å². The van der Waals surface area contributed by atoms with E-state index in [9.17, 15) is 38.4 Å². The van der Waals surface area contributed by atoms with Gasteiger partial charge in [0.25, 0.3) is 11.8 Å². The number of carbonyl (C=O) groups excluding carboxylic acids is 16. The Morgan fingerprint density at radius 2 is 0.597 bits per heavy atom. The number of amides is 16. The molecule has 0 radical (unpaired) electrons. The Kier molecular flexibility index (Phi) is 35.1. The van der Waals surface area contributed by atoms with Crippen LogP contribution in [-0.2, 0) is 107 Å². The average molecular weight is 1960 g/mol. The molecule has 0 saturated carbocycles. The van der Waals surface area contributed by atoms with Crippen LogP contribution in [-0.4, -0.2) is 208 Å². The monoisotopic (exact) mass is 1960 g/mol. The molecule has 0 spiro atoms. The second-order valence-electron chi connectivity index (χ2n) is 35.6. The van der Waals surface area contributed by atoms with Crippen molar-refractivity contribution in [2.75, 3.05) is 25.5 Å². The number of rotatable bonds is 40. The van der Waals surface area contributed by atoms with E-state index in [-0.39, 0.29) is 6.42 Å². The molecule has 11 atom stereocenters. The molecule has 0 unspecified atom stereocenters. The fraction of sp³-hybridized carbons (Fsp3) is 0.320. The first-order chi connectivity index (χ1) is 65.9. The SMILES string of the molecule is CC(=O)N[C@@H](C)C(=O)N[C@@H](C)C(=O)NC(C)(C)C(=O)N[C@@H](C)C(=O)N(C(=O)OCC1c2ccccc2-c2ccccc21)[C@H](CP(=S)(c1ccccc1)c1ccccc1)C(=O)N[C@@H](Cc1ccccc1)C(=O)N[C@@H](C)C(=O)N[C@@H](C)C(=O)N(C(=O)OCC1c2ccccc2-c2ccccc21)[C@@H](CP(=S)(c1ccccc1)c1ccccc1)C(=O)N[C@@H](C)C(=O)N[C@@H](C)C(=O)NC(C)(C)C(=O)N[C@@H](C)C(N)=O. The van der Waals surface area contributed by atoms with Gasteiger partial charge in [-0.25, -0.2) is 19.4 Å². The van der Waals surface area contributed by atoms with Gasteiger partial charge in [0.05, 0.1) is 0 Å². The number of nitrogens with zero attached hydrogens (tertiary/aromatic N) is 2. The smallest absolute Gasteiger partial charge is 0.417 e. The molecule has 13 N–H and O–H groups in total. The summed E-state index contributed by atoms with van der Waals surface area (Å²) in [5, 5.41) is 30.5. The van der Waals surface area contributed by atoms with Crippen molar-refractivity contribution in [1.82, 2.24) is 68.3 Å². The van der Waals surface area contributed by atoms with Crippen molar-refractivity contribution < 1.29 is 86.2 Å². The van der Waals surface area contributed by atoms with Gasteiger partial charge in [-0.2, -0.15) is 0 Å². The quantitative estimate of drug-likeness (QED) is 0.0180. The highest BCUT2D eigenvalue weighted by Crippen LogP contribution is 2.49. The van der Waals surface area contributed by atoms with Crippen LogP contribution in [0, 0.1) is 0 Å². The van der Waals surface area contributed by atoms with E-state index in [0.717, 1.165) is 44.5 Å². The second-order valence-corrected chi connectivity index (χ2v) is 45.1. The Morgan fingerprint density at radius 1 is 0.331 bits per heavy atom. The maximum Gasteiger partial charge on any atom is 0.417 e. The summed E-state index contributed by atoms with van der Waals surface area (Å²) in [6.45, 7) is 16.1. The molecule has 11 rings (SSSR count). The first-order valence-electron chi connectivity index (χ1n) is 45.4. The fourth-order valence-corrected chi connectivity index (χ4v) is 24.4. The van der Waals surface area contributed by atoms with Gasteiger partial charge in [-0.3, -0.25) is 67.1 Å². The molecule has 728 valence electrons. The van der Waals surface area contributed by atoms with Gasteiger partial charge in [0.15, 0.2) is 0 Å². The van der Waals surface area contributed by atoms with Gasteiger partial charge in [0, 0.05) is 49.6 Å². The lowest BCUT2D eigenvalue weighted by Gasteiger charge is -2.36. The number of carbonyl (C=O) groups is 16. The molecular weight excluding hydrogens is 1850 g/mol. The predicted molar refractivity (Wildman–Crippen MR) is 536 cm³/mol. The highest BCUT2D eigenvalue weighted by Gasteiger charge is 2.48. The van der Waals surface area contributed by atoms with E-state index in [1.54, 1.807) is 152 Å². The van der Waals surface area contributed by atoms with Crippen LogP contribution in [0.15, 0.2) is 249 Å². The normalized spacial score (nSPS) is 14.5. The average Bonchev–Trinajstić information content (AvgIpc) is 1.34. The molecule has 2 aliphatic rings. The standard InChI is InChI=1S/C103H116N14O18P2S2/c1-60(87(104)119)111-98(130)102(10,11)114-92(124)65(6)107-89(121)63(4)109-94(126)85(58-136(138,70-39-21-15-22-40-70)71-41-23-16-24-42-71)116(100(132)134-56-82-78-51-33-29-47-74(78)75-48-30-34-52-79(75)82)96(128)66(7)110-90(122)62(3)108-93(125)84(55-69-37-19-14-20-38-69)113-95(127)86(59-137(139,72-43-25-17-26-44-72)73-45-27-18-28-46-73)117(101(133)135-57-83-80-53-35-31-49-76(80)77-50-32-36-54-81(77)83)97(129)67(8)112-99(131)103(12,13)115-91(123)64(5)106-88(120)61(2)105-68(9)118/h14-54,60-67,82-86H,55-59H2,1-13H3,(H2,104,119)(H,105,118)(H,106,120)(H,107,121)(H,108,125)(H,109,126)(H,110,122)(H,111,130)(H,112,131)(H,113,127)(H,114,124)(H,115,123)/t60-,61-,62-,63-,64-,65-,66-,67-,84-,85-,86+/m0/s1. The molecule has 0 aliphatic heterocycles. The van der Waals surface area contributed by atoms with Crippen molar-refractivity contribution in [3.63, 3.8) is 0 Å². The van der Waals surface area contributed by atoms with Crippen molar-refractivity contribution in [3.8, 4) is 22.3 Å². The largest absolute Gasteiger partial charge is 0.448 e. The van der Waals surface area contributed by atoms with Crippen molar-refractivity contribution in [1.29, 1.82) is 0 Å². The molecule has 0 bridgehead atoms. The number of hydrogen-bond donors (Lipinski definition) is 12. The number of fused-ring (bicyclic) bond motifs is 6. The first-order valence-corrected chi connectivity index (χ1v) is 51.4. The summed E-state index contributed by atoms with van der Waals surface area (Å²) in [6, 6.07) is 48.3. The number of nitrogens with two attached hydrogens (primary N) is 1. The third-order valence-electron chi connectivity index (χ3n) is 24.3. The molecule has 0 heterocycles. The van der Waals surface area contributed by atoms with E-state index in [1.165, 1.54) is 90.0 Å². The van der Waals surface area contributed by atoms with Crippen molar-refractivity contribution in [2.24, 2.45) is 5.73 Å². The van der Waals surface area contributed by atoms with Crippen LogP contribution in [0.25, 0.3) is 22.3 Å². The third-order valence-corrected chi connectivity index (χ3v) is 34.0. The number of nitrogens with one attached hydrogen (secondary N) is 11. The van der Waals surface area contributed by atoms with Crippen LogP contribution >= 0.6 is 12.1 Å². The zero-order valence-electron chi connectivity index (χ0n) is 79.2. The maximum atomic E-state index is 16.6. The van der Waals surface area contributed by atoms with Gasteiger partial charge in [0.2, 0.25) is 70.9 Å². The van der Waals surface area contributed by atoms with Crippen LogP contribution < -0.4 is 85.4 Å². The number of hydrogen-bond acceptors (Lipinski definition) is 20. The Hall–Kier alpha value is -14.2. The minimum atomic E-state index is -3.55. The lowest BCUT2D eigenvalue weighted by molar-refractivity contribution is -0.142. The van der Waals surface area contributed by atoms with E-state index in [4.69, 9.17) is 38.8 Å². The zero-order chi connectivity index (χ0) is 101. The van der Waals surface area contributed by atoms with Gasteiger partial charge in [-0.05, 0) is 154 Å². The molecule has 0 aromatic heterocycles. The molecule has 36 heteroatoms. The Labute approximate surface area is 817 Å². The lowest BCUT2D eigenvalue weighted by Crippen LogP contribution is -2.64. The molecule has 2 aliphatic carbocycles. The summed E-state index contributed by atoms with van der Waals surface area (Å²) in [5.41, 5.74) is 8.73. The first kappa shape index (κ1) is 105. The predicted octanol–water partition coefficient (Wildman–Crippen LogP) is 6.60. The van der Waals surface area contributed by atoms with Gasteiger partial charge in [0.1, 0.15) is 90.8 Å². The van der Waals surface area contributed by atoms with Crippen molar-refractivity contribution >= 4 is 152 Å². The third kappa shape index (κ3) is 25.6. The summed E-state index contributed by atoms with van der Waals surface area (Å²) in [5.74, 6) is -14.7. The number of primary amides is 1. The summed E-state index contributed by atoms with van der Waals surface area (Å²) in [4.78, 5) is 236. The second kappa shape index (κ2) is 46.3. The fourth-order valence-electron chi connectivity index (χ4n) is 16.4. The molecule has 9 aromatic carbocycles. The summed E-state index contributed by atoms with van der Waals surface area (Å²) in [7, 11) is 0. The number of imide groups is 2. The van der Waals surface area contributed by atoms with Crippen LogP contribution in [0.1, 0.15) is 130 Å². The van der Waals surface area contributed by atoms with Crippen molar-refractivity contribution in [3.05, 3.63) is 277 Å². The van der Waals surface area contributed by atoms with Crippen LogP contribution in [0.5, 0.6) is 0 Å². The van der Waals surface area contributed by atoms with Gasteiger partial charge < -0.3 is 73.7 Å². The molecule has 32 nitrogen and oxygen atoms in total. The van der Waals surface area contributed by atoms with E-state index in [2.05, 4.69) is 58.5 Å². The van der Waals surface area contributed by atoms with Crippen molar-refractivity contribution in [2.45, 2.75) is 186 Å². The van der Waals surface area contributed by atoms with E-state index < -0.39 is 222 Å². The summed E-state index contributed by atoms with van der Waals surface area (Å²) in [6.07, 6.45) is -4.21. The van der Waals surface area contributed by atoms with Gasteiger partial charge >= 0.3 is 12.2 Å². The van der Waals surface area contributed by atoms with Crippen LogP contribution in [0.2, 0.25) is 0 Å². The molecule has 0 saturated heterocycles. The Bertz CT molecular complexity index is 6050. The topological polar surface area (TPSA) is 456 Å². The highest BCUT2D eigenvalue weighted by atomic mass is 32.4. The van der Waals surface area contributed by atoms with E-state index >= 15 is 38.4 Å². The maximum absolute atomic E-state index is 16.6. The van der Waals surface area contributed by atoms with Gasteiger partial charge in [-0.1, -0.05) is 272 Å². The van der Waals surface area contributed by atoms with Crippen LogP contribution in [0.3, 0.4) is 0 Å². The van der Waals surface area contributed by atoms with E-state index in [1.807, 2.05) is 97.1 Å². The Morgan fingerprint density at radius 3 is 0.928 bits per heavy atom. The minimum absolute atomic E-state index is 0.354. The molecule has 139 heavy (non-hydrogen) atoms. The van der Waals surface area contributed by atoms with E-state index in [0.29, 0.717) is 36.6 Å². The lowest BCUT2D eigenvalue weighted by atomic mass is 9.98. The molecule has 0 fully saturated rings. The zero-order valence-corrected chi connectivity index (χ0v) is 82.7. The van der Waals surface area contributed by atoms with Gasteiger partial charge in [-0.15, -0.1) is 0 Å². The summed E-state index contributed by atoms with van der Waals surface area (Å²) < 4.78 is 12.7.